The number of carbonyl (C=O) groups excluding carboxylic acids is 1. The van der Waals surface area contributed by atoms with Crippen molar-refractivity contribution in [3.63, 3.8) is 0 Å². The van der Waals surface area contributed by atoms with Crippen LogP contribution < -0.4 is 0 Å². The van der Waals surface area contributed by atoms with Gasteiger partial charge in [-0.3, -0.25) is 4.79 Å². The second-order valence-corrected chi connectivity index (χ2v) is 7.05. The SMILES string of the molecule is CC(C)OC(=O)C(SCCCCCCC(F)(F)F)C(C)C. The van der Waals surface area contributed by atoms with Gasteiger partial charge in [-0.05, 0) is 38.4 Å². The minimum Gasteiger partial charge on any atom is -0.462 e. The first-order chi connectivity index (χ1) is 9.63. The van der Waals surface area contributed by atoms with Crippen molar-refractivity contribution >= 4 is 17.7 Å². The summed E-state index contributed by atoms with van der Waals surface area (Å²) >= 11 is 1.55. The fourth-order valence-corrected chi connectivity index (χ4v) is 3.02. The summed E-state index contributed by atoms with van der Waals surface area (Å²) in [6.07, 6.45) is -2.48. The second kappa shape index (κ2) is 10.4. The molecule has 0 radical (unpaired) electrons. The van der Waals surface area contributed by atoms with Crippen LogP contribution in [-0.2, 0) is 9.53 Å². The van der Waals surface area contributed by atoms with Crippen molar-refractivity contribution in [1.82, 2.24) is 0 Å². The Kier molecular flexibility index (Phi) is 10.2. The van der Waals surface area contributed by atoms with E-state index >= 15 is 0 Å². The second-order valence-electron chi connectivity index (χ2n) is 5.80. The fourth-order valence-electron chi connectivity index (χ4n) is 1.82. The quantitative estimate of drug-likeness (QED) is 0.407. The van der Waals surface area contributed by atoms with Crippen LogP contribution >= 0.6 is 11.8 Å². The number of ether oxygens (including phenoxy) is 1. The maximum atomic E-state index is 12.0. The summed E-state index contributed by atoms with van der Waals surface area (Å²) in [5.41, 5.74) is 0. The van der Waals surface area contributed by atoms with Crippen molar-refractivity contribution in [3.05, 3.63) is 0 Å². The third-order valence-electron chi connectivity index (χ3n) is 2.84. The van der Waals surface area contributed by atoms with Crippen LogP contribution in [-0.4, -0.2) is 29.3 Å². The van der Waals surface area contributed by atoms with Gasteiger partial charge in [0.15, 0.2) is 0 Å². The highest BCUT2D eigenvalue weighted by Gasteiger charge is 2.26. The molecular weight excluding hydrogens is 301 g/mol. The first-order valence-electron chi connectivity index (χ1n) is 7.52. The molecule has 0 amide bonds. The third kappa shape index (κ3) is 11.9. The Morgan fingerprint density at radius 2 is 1.62 bits per heavy atom. The molecule has 2 nitrogen and oxygen atoms in total. The molecule has 0 aliphatic heterocycles. The zero-order valence-electron chi connectivity index (χ0n) is 13.3. The van der Waals surface area contributed by atoms with E-state index in [1.54, 1.807) is 11.8 Å². The lowest BCUT2D eigenvalue weighted by atomic mass is 10.1. The van der Waals surface area contributed by atoms with Gasteiger partial charge >= 0.3 is 12.1 Å². The van der Waals surface area contributed by atoms with Crippen molar-refractivity contribution in [1.29, 1.82) is 0 Å². The topological polar surface area (TPSA) is 26.3 Å². The summed E-state index contributed by atoms with van der Waals surface area (Å²) in [6, 6.07) is 0. The minimum atomic E-state index is -4.04. The van der Waals surface area contributed by atoms with Crippen LogP contribution in [0.15, 0.2) is 0 Å². The van der Waals surface area contributed by atoms with Crippen LogP contribution in [0.2, 0.25) is 0 Å². The summed E-state index contributed by atoms with van der Waals surface area (Å²) in [5.74, 6) is 0.774. The van der Waals surface area contributed by atoms with E-state index in [-0.39, 0.29) is 29.7 Å². The molecule has 0 bridgehead atoms. The molecule has 0 saturated carbocycles. The summed E-state index contributed by atoms with van der Waals surface area (Å²) in [7, 11) is 0. The van der Waals surface area contributed by atoms with Crippen molar-refractivity contribution in [3.8, 4) is 0 Å². The van der Waals surface area contributed by atoms with Gasteiger partial charge in [0, 0.05) is 6.42 Å². The number of hydrogen-bond acceptors (Lipinski definition) is 3. The largest absolute Gasteiger partial charge is 0.462 e. The van der Waals surface area contributed by atoms with Crippen molar-refractivity contribution in [2.75, 3.05) is 5.75 Å². The number of rotatable bonds is 10. The smallest absolute Gasteiger partial charge is 0.389 e. The van der Waals surface area contributed by atoms with Gasteiger partial charge < -0.3 is 4.74 Å². The van der Waals surface area contributed by atoms with Crippen molar-refractivity contribution in [2.45, 2.75) is 77.3 Å². The molecule has 0 aliphatic rings. The van der Waals surface area contributed by atoms with Gasteiger partial charge in [0.25, 0.3) is 0 Å². The summed E-state index contributed by atoms with van der Waals surface area (Å²) in [5, 5.41) is -0.192. The van der Waals surface area contributed by atoms with Crippen LogP contribution in [0.1, 0.15) is 59.8 Å². The number of alkyl halides is 3. The lowest BCUT2D eigenvalue weighted by molar-refractivity contribution is -0.147. The van der Waals surface area contributed by atoms with Crippen LogP contribution in [0.25, 0.3) is 0 Å². The average molecular weight is 328 g/mol. The predicted molar refractivity (Wildman–Crippen MR) is 81.5 cm³/mol. The Labute approximate surface area is 130 Å². The summed E-state index contributed by atoms with van der Waals surface area (Å²) < 4.78 is 41.1. The molecule has 0 aromatic heterocycles. The van der Waals surface area contributed by atoms with E-state index in [0.717, 1.165) is 18.6 Å². The summed E-state index contributed by atoms with van der Waals surface area (Å²) in [4.78, 5) is 11.9. The lowest BCUT2D eigenvalue weighted by Gasteiger charge is -2.20. The van der Waals surface area contributed by atoms with E-state index in [2.05, 4.69) is 0 Å². The molecule has 0 aromatic carbocycles. The summed E-state index contributed by atoms with van der Waals surface area (Å²) in [6.45, 7) is 7.59. The number of esters is 1. The maximum Gasteiger partial charge on any atom is 0.389 e. The Morgan fingerprint density at radius 1 is 1.05 bits per heavy atom. The molecule has 0 aromatic rings. The molecule has 0 heterocycles. The van der Waals surface area contributed by atoms with E-state index in [4.69, 9.17) is 4.74 Å². The minimum absolute atomic E-state index is 0.123. The maximum absolute atomic E-state index is 12.0. The van der Waals surface area contributed by atoms with Crippen LogP contribution in [0.5, 0.6) is 0 Å². The van der Waals surface area contributed by atoms with Gasteiger partial charge in [-0.1, -0.05) is 26.7 Å². The number of carbonyl (C=O) groups is 1. The first kappa shape index (κ1) is 20.6. The number of halogens is 3. The van der Waals surface area contributed by atoms with Gasteiger partial charge in [0.05, 0.1) is 6.10 Å². The molecule has 0 aliphatic carbocycles. The van der Waals surface area contributed by atoms with E-state index in [1.807, 2.05) is 27.7 Å². The van der Waals surface area contributed by atoms with Crippen molar-refractivity contribution < 1.29 is 22.7 Å². The molecule has 0 N–H and O–H groups in total. The van der Waals surface area contributed by atoms with E-state index in [1.165, 1.54) is 0 Å². The van der Waals surface area contributed by atoms with E-state index in [0.29, 0.717) is 6.42 Å². The van der Waals surface area contributed by atoms with Crippen LogP contribution in [0, 0.1) is 5.92 Å². The Hall–Kier alpha value is -0.390. The Bertz CT molecular complexity index is 291. The highest BCUT2D eigenvalue weighted by Crippen LogP contribution is 2.25. The molecule has 1 unspecified atom stereocenters. The Morgan fingerprint density at radius 3 is 2.10 bits per heavy atom. The first-order valence-corrected chi connectivity index (χ1v) is 8.57. The number of thioether (sulfide) groups is 1. The third-order valence-corrected chi connectivity index (χ3v) is 4.46. The van der Waals surface area contributed by atoms with Crippen LogP contribution in [0.3, 0.4) is 0 Å². The van der Waals surface area contributed by atoms with Gasteiger partial charge in [-0.15, -0.1) is 11.8 Å². The molecule has 0 fully saturated rings. The van der Waals surface area contributed by atoms with Gasteiger partial charge in [0.1, 0.15) is 5.25 Å². The van der Waals surface area contributed by atoms with E-state index < -0.39 is 12.6 Å². The fraction of sp³-hybridized carbons (Fsp3) is 0.933. The molecule has 126 valence electrons. The standard InChI is InChI=1S/C15H27F3O2S/c1-11(2)13(14(19)20-12(3)4)21-10-8-6-5-7-9-15(16,17)18/h11-13H,5-10H2,1-4H3. The molecule has 1 atom stereocenters. The van der Waals surface area contributed by atoms with Gasteiger partial charge in [-0.25, -0.2) is 0 Å². The van der Waals surface area contributed by atoms with Gasteiger partial charge in [-0.2, -0.15) is 13.2 Å². The number of unbranched alkanes of at least 4 members (excludes halogenated alkanes) is 3. The molecule has 0 spiro atoms. The van der Waals surface area contributed by atoms with Crippen LogP contribution in [0.4, 0.5) is 13.2 Å². The Balaban J connectivity index is 3.83. The zero-order valence-corrected chi connectivity index (χ0v) is 14.1. The molecule has 0 saturated heterocycles. The molecule has 21 heavy (non-hydrogen) atoms. The highest BCUT2D eigenvalue weighted by atomic mass is 32.2. The van der Waals surface area contributed by atoms with Crippen molar-refractivity contribution in [2.24, 2.45) is 5.92 Å². The van der Waals surface area contributed by atoms with Gasteiger partial charge in [0.2, 0.25) is 0 Å². The normalized spacial score (nSPS) is 13.8. The zero-order chi connectivity index (χ0) is 16.5. The number of hydrogen-bond donors (Lipinski definition) is 0. The molecular formula is C15H27F3O2S. The highest BCUT2D eigenvalue weighted by molar-refractivity contribution is 8.00. The predicted octanol–water partition coefficient (Wildman–Crippen LogP) is 5.21. The molecule has 6 heteroatoms. The lowest BCUT2D eigenvalue weighted by Crippen LogP contribution is -2.28. The monoisotopic (exact) mass is 328 g/mol. The average Bonchev–Trinajstić information content (AvgIpc) is 2.29. The molecule has 0 rings (SSSR count). The van der Waals surface area contributed by atoms with E-state index in [9.17, 15) is 18.0 Å².